The summed E-state index contributed by atoms with van der Waals surface area (Å²) in [4.78, 5) is 14.7. The van der Waals surface area contributed by atoms with Gasteiger partial charge in [-0.05, 0) is 75.5 Å². The van der Waals surface area contributed by atoms with Crippen molar-refractivity contribution < 1.29 is 22.0 Å². The van der Waals surface area contributed by atoms with Crippen LogP contribution in [0, 0.1) is 73.8 Å². The van der Waals surface area contributed by atoms with Crippen molar-refractivity contribution in [3.8, 4) is 0 Å². The molecule has 1 heterocycles. The number of halogens is 1. The molecule has 0 saturated heterocycles. The van der Waals surface area contributed by atoms with Gasteiger partial charge in [0.15, 0.2) is 0 Å². The third-order valence-electron chi connectivity index (χ3n) is 3.48. The van der Waals surface area contributed by atoms with Crippen LogP contribution in [0.15, 0.2) is 24.4 Å². The molecule has 0 unspecified atom stereocenters. The Labute approximate surface area is 164 Å². The van der Waals surface area contributed by atoms with Gasteiger partial charge in [0.05, 0.1) is 4.92 Å². The van der Waals surface area contributed by atoms with Crippen molar-refractivity contribution in [2.75, 3.05) is 0 Å². The van der Waals surface area contributed by atoms with Crippen molar-refractivity contribution in [3.05, 3.63) is 109 Å². The number of non-ortho nitro benzene ring substituents is 1. The average Bonchev–Trinajstić information content (AvgIpc) is 3.29. The molecule has 2 aliphatic rings. The van der Waals surface area contributed by atoms with Crippen LogP contribution < -0.4 is 0 Å². The van der Waals surface area contributed by atoms with Gasteiger partial charge in [0.1, 0.15) is 5.52 Å². The smallest absolute Gasteiger partial charge is 0.258 e. The van der Waals surface area contributed by atoms with E-state index in [2.05, 4.69) is 4.98 Å². The fraction of sp³-hybridized carbons (Fsp3) is 0. The predicted molar refractivity (Wildman–Crippen MR) is 94.5 cm³/mol. The zero-order chi connectivity index (χ0) is 16.9. The topological polar surface area (TPSA) is 56.0 Å². The molecule has 4 nitrogen and oxygen atoms in total. The molecular weight excluding hydrogens is 380 g/mol. The standard InChI is InChI=1S/C14H8ClN2O2.C5H5.Fe/c15-12-6-10-5-11(9-3-1-2-4-9)8-16-14(10)13(7-12)17(18)19;1-2-4-5-3-1;/h1-8H;1-5H;/q;;+2. The molecule has 1 aromatic carbocycles. The number of hydrogen-bond donors (Lipinski definition) is 0. The number of pyridine rings is 1. The van der Waals surface area contributed by atoms with Gasteiger partial charge in [-0.15, -0.1) is 0 Å². The summed E-state index contributed by atoms with van der Waals surface area (Å²) in [5.41, 5.74) is 1.19. The molecule has 0 spiro atoms. The van der Waals surface area contributed by atoms with E-state index in [4.69, 9.17) is 11.6 Å². The number of aromatic nitrogens is 1. The van der Waals surface area contributed by atoms with E-state index in [0.717, 1.165) is 11.5 Å². The third kappa shape index (κ3) is 5.16. The molecule has 0 amide bonds. The Morgan fingerprint density at radius 2 is 1.52 bits per heavy atom. The van der Waals surface area contributed by atoms with Crippen LogP contribution in [-0.2, 0) is 17.1 Å². The van der Waals surface area contributed by atoms with E-state index in [9.17, 15) is 10.1 Å². The second-order valence-electron chi connectivity index (χ2n) is 5.11. The first-order valence-electron chi connectivity index (χ1n) is 7.27. The summed E-state index contributed by atoms with van der Waals surface area (Å²) in [5, 5.41) is 12.0. The van der Waals surface area contributed by atoms with Gasteiger partial charge in [0.2, 0.25) is 0 Å². The first kappa shape index (κ1) is 20.2. The van der Waals surface area contributed by atoms with E-state index >= 15 is 0 Å². The monoisotopic (exact) mass is 392 g/mol. The summed E-state index contributed by atoms with van der Waals surface area (Å²) in [6, 6.07) is 4.86. The quantitative estimate of drug-likeness (QED) is 0.427. The van der Waals surface area contributed by atoms with Crippen molar-refractivity contribution in [2.45, 2.75) is 0 Å². The van der Waals surface area contributed by atoms with Crippen molar-refractivity contribution in [3.63, 3.8) is 0 Å². The van der Waals surface area contributed by atoms with Crippen LogP contribution in [0.2, 0.25) is 5.02 Å². The fourth-order valence-corrected chi connectivity index (χ4v) is 2.60. The van der Waals surface area contributed by atoms with Crippen LogP contribution in [0.3, 0.4) is 0 Å². The Hall–Kier alpha value is -1.16. The van der Waals surface area contributed by atoms with Crippen LogP contribution in [0.5, 0.6) is 0 Å². The zero-order valence-electron chi connectivity index (χ0n) is 12.9. The largest absolute Gasteiger partial charge is 2.00 e. The molecular formula is C19H13ClFeN2O2+2. The Balaban J connectivity index is 0.000000325. The Bertz CT molecular complexity index is 721. The Morgan fingerprint density at radius 3 is 2.08 bits per heavy atom. The maximum atomic E-state index is 11.0. The molecule has 124 valence electrons. The van der Waals surface area contributed by atoms with Gasteiger partial charge in [0, 0.05) is 28.6 Å². The minimum absolute atomic E-state index is 0. The van der Waals surface area contributed by atoms with E-state index < -0.39 is 4.92 Å². The zero-order valence-corrected chi connectivity index (χ0v) is 14.8. The molecule has 2 fully saturated rings. The van der Waals surface area contributed by atoms with E-state index in [1.807, 2.05) is 63.9 Å². The number of benzene rings is 1. The summed E-state index contributed by atoms with van der Waals surface area (Å²) in [7, 11) is 0. The van der Waals surface area contributed by atoms with Gasteiger partial charge in [-0.25, -0.2) is 4.98 Å². The minimum atomic E-state index is -0.469. The third-order valence-corrected chi connectivity index (χ3v) is 3.69. The van der Waals surface area contributed by atoms with Crippen molar-refractivity contribution in [1.29, 1.82) is 0 Å². The number of nitrogens with zero attached hydrogens (tertiary/aromatic N) is 2. The number of fused-ring (bicyclic) bond motifs is 1. The molecule has 6 heteroatoms. The second kappa shape index (κ2) is 9.51. The number of rotatable bonds is 2. The first-order chi connectivity index (χ1) is 11.6. The van der Waals surface area contributed by atoms with Crippen LogP contribution in [0.25, 0.3) is 10.9 Å². The number of hydrogen-bond acceptors (Lipinski definition) is 3. The van der Waals surface area contributed by atoms with Crippen molar-refractivity contribution in [2.24, 2.45) is 0 Å². The van der Waals surface area contributed by atoms with E-state index in [1.165, 1.54) is 6.07 Å². The second-order valence-corrected chi connectivity index (χ2v) is 5.55. The summed E-state index contributed by atoms with van der Waals surface area (Å²) in [6.45, 7) is 0. The summed E-state index contributed by atoms with van der Waals surface area (Å²) >= 11 is 5.91. The molecule has 0 atom stereocenters. The normalized spacial score (nSPS) is 17.0. The minimum Gasteiger partial charge on any atom is -0.258 e. The van der Waals surface area contributed by atoms with Gasteiger partial charge in [0.25, 0.3) is 5.69 Å². The summed E-state index contributed by atoms with van der Waals surface area (Å²) < 4.78 is 0. The summed E-state index contributed by atoms with van der Waals surface area (Å²) in [5.74, 6) is 1.03. The average molecular weight is 393 g/mol. The maximum Gasteiger partial charge on any atom is 2.00 e. The maximum absolute atomic E-state index is 11.0. The molecule has 0 N–H and O–H groups in total. The van der Waals surface area contributed by atoms with E-state index in [-0.39, 0.29) is 22.8 Å². The fourth-order valence-electron chi connectivity index (χ4n) is 2.38. The molecule has 2 aliphatic carbocycles. The van der Waals surface area contributed by atoms with Crippen LogP contribution >= 0.6 is 11.6 Å². The Morgan fingerprint density at radius 1 is 0.920 bits per heavy atom. The van der Waals surface area contributed by atoms with Gasteiger partial charge in [-0.3, -0.25) is 10.1 Å². The molecule has 0 bridgehead atoms. The van der Waals surface area contributed by atoms with Crippen molar-refractivity contribution in [1.82, 2.24) is 4.98 Å². The first-order valence-corrected chi connectivity index (χ1v) is 7.65. The van der Waals surface area contributed by atoms with Gasteiger partial charge >= 0.3 is 17.1 Å². The van der Waals surface area contributed by atoms with Gasteiger partial charge in [-0.2, -0.15) is 0 Å². The molecule has 0 aliphatic heterocycles. The molecule has 25 heavy (non-hydrogen) atoms. The Kier molecular flexibility index (Phi) is 7.67. The van der Waals surface area contributed by atoms with Gasteiger partial charge in [-0.1, -0.05) is 11.6 Å². The molecule has 1 aromatic heterocycles. The van der Waals surface area contributed by atoms with Crippen LogP contribution in [0.1, 0.15) is 5.56 Å². The van der Waals surface area contributed by atoms with Gasteiger partial charge < -0.3 is 0 Å². The van der Waals surface area contributed by atoms with Crippen molar-refractivity contribution >= 4 is 28.2 Å². The number of nitro groups is 1. The molecule has 2 saturated carbocycles. The number of nitro benzene ring substituents is 1. The van der Waals surface area contributed by atoms with Crippen LogP contribution in [0.4, 0.5) is 5.69 Å². The predicted octanol–water partition coefficient (Wildman–Crippen LogP) is 4.57. The van der Waals surface area contributed by atoms with E-state index in [1.54, 1.807) is 12.3 Å². The molecule has 10 radical (unpaired) electrons. The molecule has 4 rings (SSSR count). The van der Waals surface area contributed by atoms with Crippen LogP contribution in [-0.4, -0.2) is 9.91 Å². The SMILES string of the molecule is O=[N+]([O-])c1cc(Cl)cc2cc([C]3[CH][CH][CH][CH]3)cnc12.[CH]1[CH][CH][CH][CH]1.[Fe+2]. The van der Waals surface area contributed by atoms with E-state index in [0.29, 0.717) is 15.9 Å². The molecule has 2 aromatic rings. The summed E-state index contributed by atoms with van der Waals surface area (Å²) in [6.07, 6.45) is 19.4.